The Kier molecular flexibility index (Phi) is 3.26. The molecule has 2 bridgehead atoms. The number of hydrogen-bond donors (Lipinski definition) is 1. The van der Waals surface area contributed by atoms with Gasteiger partial charge in [0.25, 0.3) is 5.56 Å². The number of ether oxygens (including phenoxy) is 1. The number of rotatable bonds is 5. The molecule has 2 aromatic rings. The van der Waals surface area contributed by atoms with Gasteiger partial charge in [-0.15, -0.1) is 0 Å². The van der Waals surface area contributed by atoms with E-state index in [1.807, 2.05) is 13.8 Å². The molecule has 1 N–H and O–H groups in total. The van der Waals surface area contributed by atoms with Crippen LogP contribution in [-0.2, 0) is 17.8 Å². The molecule has 7 nitrogen and oxygen atoms in total. The first-order valence-electron chi connectivity index (χ1n) is 9.52. The molecule has 2 saturated carbocycles. The highest BCUT2D eigenvalue weighted by atomic mass is 16.6. The van der Waals surface area contributed by atoms with Gasteiger partial charge in [-0.1, -0.05) is 13.8 Å². The standard InChI is InChI=1S/C18H24N4O3/c1-3-5-21-16-12(17(23)22(6-4-2)18(21)24)19-15(20-16)11-8-9-7-10(11)14-13(9)25-14/h9-11,13-14H,3-8H2,1-2H3,(H,19,20)/t9-,10+,11+,13-,14+/m1/s1. The lowest BCUT2D eigenvalue weighted by molar-refractivity contribution is 0.260. The molecule has 1 saturated heterocycles. The van der Waals surface area contributed by atoms with E-state index < -0.39 is 0 Å². The highest BCUT2D eigenvalue weighted by Crippen LogP contribution is 2.61. The van der Waals surface area contributed by atoms with Crippen molar-refractivity contribution in [2.75, 3.05) is 0 Å². The van der Waals surface area contributed by atoms with Crippen molar-refractivity contribution in [3.8, 4) is 0 Å². The number of epoxide rings is 1. The van der Waals surface area contributed by atoms with Crippen molar-refractivity contribution < 1.29 is 4.74 Å². The molecule has 3 fully saturated rings. The summed E-state index contributed by atoms with van der Waals surface area (Å²) in [5.74, 6) is 2.35. The molecule has 134 valence electrons. The zero-order valence-electron chi connectivity index (χ0n) is 14.7. The minimum absolute atomic E-state index is 0.227. The molecule has 0 spiro atoms. The topological polar surface area (TPSA) is 85.2 Å². The van der Waals surface area contributed by atoms with Gasteiger partial charge in [-0.2, -0.15) is 0 Å². The van der Waals surface area contributed by atoms with Crippen molar-refractivity contribution in [1.82, 2.24) is 19.1 Å². The van der Waals surface area contributed by atoms with Crippen LogP contribution in [0.3, 0.4) is 0 Å². The van der Waals surface area contributed by atoms with E-state index in [0.29, 0.717) is 54.2 Å². The maximum atomic E-state index is 12.8. The predicted molar refractivity (Wildman–Crippen MR) is 92.8 cm³/mol. The van der Waals surface area contributed by atoms with Gasteiger partial charge in [-0.05, 0) is 37.5 Å². The Hall–Kier alpha value is -1.89. The highest BCUT2D eigenvalue weighted by Gasteiger charge is 2.63. The minimum atomic E-state index is -0.264. The molecule has 0 radical (unpaired) electrons. The summed E-state index contributed by atoms with van der Waals surface area (Å²) < 4.78 is 8.78. The fraction of sp³-hybridized carbons (Fsp3) is 0.722. The minimum Gasteiger partial charge on any atom is -0.369 e. The van der Waals surface area contributed by atoms with Crippen molar-refractivity contribution in [3.05, 3.63) is 26.7 Å². The predicted octanol–water partition coefficient (Wildman–Crippen LogP) is 1.60. The van der Waals surface area contributed by atoms with E-state index in [0.717, 1.165) is 25.1 Å². The van der Waals surface area contributed by atoms with Crippen molar-refractivity contribution in [2.45, 2.75) is 70.7 Å². The fourth-order valence-electron chi connectivity index (χ4n) is 5.13. The maximum absolute atomic E-state index is 12.8. The molecule has 5 rings (SSSR count). The lowest BCUT2D eigenvalue weighted by atomic mass is 9.88. The van der Waals surface area contributed by atoms with E-state index >= 15 is 0 Å². The van der Waals surface area contributed by atoms with Crippen molar-refractivity contribution in [1.29, 1.82) is 0 Å². The summed E-state index contributed by atoms with van der Waals surface area (Å²) >= 11 is 0. The molecular weight excluding hydrogens is 320 g/mol. The largest absolute Gasteiger partial charge is 0.369 e. The third-order valence-electron chi connectivity index (χ3n) is 6.22. The summed E-state index contributed by atoms with van der Waals surface area (Å²) in [6.07, 6.45) is 4.74. The molecule has 2 aromatic heterocycles. The van der Waals surface area contributed by atoms with Crippen LogP contribution >= 0.6 is 0 Å². The molecule has 7 heteroatoms. The number of hydrogen-bond acceptors (Lipinski definition) is 4. The number of aryl methyl sites for hydroxylation is 1. The van der Waals surface area contributed by atoms with E-state index in [1.54, 1.807) is 4.57 Å². The number of aromatic nitrogens is 4. The van der Waals surface area contributed by atoms with Gasteiger partial charge in [0, 0.05) is 19.0 Å². The third-order valence-corrected chi connectivity index (χ3v) is 6.22. The first-order chi connectivity index (χ1) is 12.1. The normalized spacial score (nSPS) is 32.5. The lowest BCUT2D eigenvalue weighted by Gasteiger charge is -2.16. The molecule has 0 amide bonds. The van der Waals surface area contributed by atoms with Gasteiger partial charge in [0.1, 0.15) is 11.5 Å². The van der Waals surface area contributed by atoms with Gasteiger partial charge in [0.05, 0.1) is 12.2 Å². The summed E-state index contributed by atoms with van der Waals surface area (Å²) in [5, 5.41) is 0. The Bertz CT molecular complexity index is 956. The van der Waals surface area contributed by atoms with E-state index in [4.69, 9.17) is 4.74 Å². The molecular formula is C18H24N4O3. The average molecular weight is 344 g/mol. The van der Waals surface area contributed by atoms with Crippen LogP contribution in [0.5, 0.6) is 0 Å². The summed E-state index contributed by atoms with van der Waals surface area (Å²) in [6, 6.07) is 0. The number of nitrogens with one attached hydrogen (secondary N) is 1. The lowest BCUT2D eigenvalue weighted by Crippen LogP contribution is -2.40. The molecule has 3 aliphatic rings. The van der Waals surface area contributed by atoms with E-state index in [1.165, 1.54) is 11.0 Å². The fourth-order valence-corrected chi connectivity index (χ4v) is 5.13. The Morgan fingerprint density at radius 1 is 1.12 bits per heavy atom. The molecule has 0 unspecified atom stereocenters. The summed E-state index contributed by atoms with van der Waals surface area (Å²) in [5.41, 5.74) is 0.512. The van der Waals surface area contributed by atoms with Crippen LogP contribution in [0, 0.1) is 11.8 Å². The summed E-state index contributed by atoms with van der Waals surface area (Å²) in [6.45, 7) is 5.03. The average Bonchev–Trinajstić information content (AvgIpc) is 2.99. The number of imidazole rings is 1. The van der Waals surface area contributed by atoms with Crippen LogP contribution in [0.15, 0.2) is 9.59 Å². The van der Waals surface area contributed by atoms with Crippen LogP contribution in [-0.4, -0.2) is 31.3 Å². The third kappa shape index (κ3) is 2.05. The zero-order valence-corrected chi connectivity index (χ0v) is 14.7. The highest BCUT2D eigenvalue weighted by molar-refractivity contribution is 5.70. The van der Waals surface area contributed by atoms with Gasteiger partial charge in [0.15, 0.2) is 5.52 Å². The number of H-pyrrole nitrogens is 1. The van der Waals surface area contributed by atoms with Gasteiger partial charge in [-0.3, -0.25) is 13.9 Å². The molecule has 3 heterocycles. The first-order valence-corrected chi connectivity index (χ1v) is 9.52. The van der Waals surface area contributed by atoms with Gasteiger partial charge in [-0.25, -0.2) is 9.78 Å². The Balaban J connectivity index is 1.65. The van der Waals surface area contributed by atoms with Crippen LogP contribution in [0.25, 0.3) is 11.2 Å². The maximum Gasteiger partial charge on any atom is 0.332 e. The molecule has 5 atom stereocenters. The molecule has 0 aromatic carbocycles. The second kappa shape index (κ2) is 5.30. The SMILES string of the molecule is CCCn1c(=O)c2nc([C@H]3C[C@H]4C[C@@H]3[C@@H]3O[C@H]43)[nH]c2n(CCC)c1=O. The monoisotopic (exact) mass is 344 g/mol. The van der Waals surface area contributed by atoms with Gasteiger partial charge < -0.3 is 9.72 Å². The van der Waals surface area contributed by atoms with E-state index in [-0.39, 0.29) is 11.2 Å². The van der Waals surface area contributed by atoms with Crippen molar-refractivity contribution >= 4 is 11.2 Å². The second-order valence-corrected chi connectivity index (χ2v) is 7.78. The van der Waals surface area contributed by atoms with E-state index in [9.17, 15) is 9.59 Å². The number of fused-ring (bicyclic) bond motifs is 6. The zero-order chi connectivity index (χ0) is 17.3. The molecule has 25 heavy (non-hydrogen) atoms. The Labute approximate surface area is 145 Å². The smallest absolute Gasteiger partial charge is 0.332 e. The van der Waals surface area contributed by atoms with Gasteiger partial charge >= 0.3 is 5.69 Å². The van der Waals surface area contributed by atoms with Gasteiger partial charge in [0.2, 0.25) is 0 Å². The summed E-state index contributed by atoms with van der Waals surface area (Å²) in [4.78, 5) is 33.6. The second-order valence-electron chi connectivity index (χ2n) is 7.78. The van der Waals surface area contributed by atoms with Crippen LogP contribution < -0.4 is 11.2 Å². The van der Waals surface area contributed by atoms with Crippen LogP contribution in [0.4, 0.5) is 0 Å². The van der Waals surface area contributed by atoms with Crippen LogP contribution in [0.1, 0.15) is 51.3 Å². The van der Waals surface area contributed by atoms with E-state index in [2.05, 4.69) is 9.97 Å². The first kappa shape index (κ1) is 15.4. The van der Waals surface area contributed by atoms with Crippen LogP contribution in [0.2, 0.25) is 0 Å². The van der Waals surface area contributed by atoms with Crippen molar-refractivity contribution in [3.63, 3.8) is 0 Å². The quantitative estimate of drug-likeness (QED) is 0.835. The molecule has 1 aliphatic heterocycles. The summed E-state index contributed by atoms with van der Waals surface area (Å²) in [7, 11) is 0. The Morgan fingerprint density at radius 3 is 2.56 bits per heavy atom. The van der Waals surface area contributed by atoms with Crippen molar-refractivity contribution in [2.24, 2.45) is 11.8 Å². The Morgan fingerprint density at radius 2 is 1.88 bits per heavy atom. The number of aromatic amines is 1. The number of nitrogens with zero attached hydrogens (tertiary/aromatic N) is 3. The molecule has 2 aliphatic carbocycles.